The Bertz CT molecular complexity index is 755. The van der Waals surface area contributed by atoms with Crippen molar-refractivity contribution in [1.82, 2.24) is 4.57 Å². The number of ketones is 1. The van der Waals surface area contributed by atoms with Gasteiger partial charge in [-0.05, 0) is 82.7 Å². The number of aryl methyl sites for hydroxylation is 3. The van der Waals surface area contributed by atoms with Crippen LogP contribution in [0.15, 0.2) is 24.3 Å². The number of aromatic nitrogens is 1. The van der Waals surface area contributed by atoms with Crippen LogP contribution in [0.3, 0.4) is 0 Å². The monoisotopic (exact) mass is 325 g/mol. The molecule has 3 rings (SSSR count). The molecule has 0 aliphatic heterocycles. The lowest BCUT2D eigenvalue weighted by atomic mass is 9.92. The van der Waals surface area contributed by atoms with E-state index in [1.54, 1.807) is 0 Å². The van der Waals surface area contributed by atoms with Crippen LogP contribution in [0.1, 0.15) is 65.6 Å². The van der Waals surface area contributed by atoms with E-state index in [1.807, 2.05) is 26.0 Å². The summed E-state index contributed by atoms with van der Waals surface area (Å²) in [6.45, 7) is 8.43. The average Bonchev–Trinajstić information content (AvgIpc) is 2.87. The van der Waals surface area contributed by atoms with Crippen LogP contribution in [0.5, 0.6) is 5.75 Å². The van der Waals surface area contributed by atoms with E-state index in [0.717, 1.165) is 35.5 Å². The smallest absolute Gasteiger partial charge is 0.202 e. The molecule has 0 radical (unpaired) electrons. The second-order valence-electron chi connectivity index (χ2n) is 7.10. The molecule has 0 bridgehead atoms. The molecule has 1 aromatic carbocycles. The van der Waals surface area contributed by atoms with E-state index in [0.29, 0.717) is 6.04 Å². The lowest BCUT2D eigenvalue weighted by Crippen LogP contribution is -2.14. The predicted octanol–water partition coefficient (Wildman–Crippen LogP) is 4.83. The summed E-state index contributed by atoms with van der Waals surface area (Å²) in [5.74, 6) is 0.856. The Labute approximate surface area is 144 Å². The SMILES string of the molecule is Cc1cc(C(=O)COc2ccc3c(c2)CCCC3)c(C)n1C(C)C. The first-order valence-electron chi connectivity index (χ1n) is 8.93. The van der Waals surface area contributed by atoms with Crippen LogP contribution in [0.4, 0.5) is 0 Å². The van der Waals surface area contributed by atoms with Crippen molar-refractivity contribution in [2.45, 2.75) is 59.4 Å². The third-order valence-corrected chi connectivity index (χ3v) is 4.99. The highest BCUT2D eigenvalue weighted by atomic mass is 16.5. The number of carbonyl (C=O) groups is 1. The zero-order chi connectivity index (χ0) is 17.3. The van der Waals surface area contributed by atoms with E-state index in [2.05, 4.69) is 30.5 Å². The number of Topliss-reactive ketones (excluding diaryl/α,β-unsaturated/α-hetero) is 1. The van der Waals surface area contributed by atoms with Gasteiger partial charge in [-0.15, -0.1) is 0 Å². The van der Waals surface area contributed by atoms with Crippen molar-refractivity contribution in [2.24, 2.45) is 0 Å². The summed E-state index contributed by atoms with van der Waals surface area (Å²) in [6, 6.07) is 8.59. The van der Waals surface area contributed by atoms with Crippen molar-refractivity contribution < 1.29 is 9.53 Å². The molecule has 0 fully saturated rings. The van der Waals surface area contributed by atoms with Gasteiger partial charge < -0.3 is 9.30 Å². The third kappa shape index (κ3) is 3.26. The molecule has 128 valence electrons. The molecule has 0 N–H and O–H groups in total. The highest BCUT2D eigenvalue weighted by Gasteiger charge is 2.18. The minimum Gasteiger partial charge on any atom is -0.485 e. The van der Waals surface area contributed by atoms with Gasteiger partial charge in [0.2, 0.25) is 5.78 Å². The average molecular weight is 325 g/mol. The van der Waals surface area contributed by atoms with Gasteiger partial charge in [0.25, 0.3) is 0 Å². The van der Waals surface area contributed by atoms with Crippen molar-refractivity contribution in [1.29, 1.82) is 0 Å². The molecule has 0 saturated heterocycles. The molecular weight excluding hydrogens is 298 g/mol. The maximum atomic E-state index is 12.6. The van der Waals surface area contributed by atoms with Crippen LogP contribution in [0, 0.1) is 13.8 Å². The van der Waals surface area contributed by atoms with Crippen molar-refractivity contribution >= 4 is 5.78 Å². The molecule has 0 spiro atoms. The van der Waals surface area contributed by atoms with Gasteiger partial charge in [-0.2, -0.15) is 0 Å². The number of carbonyl (C=O) groups excluding carboxylic acids is 1. The first-order valence-corrected chi connectivity index (χ1v) is 8.93. The maximum absolute atomic E-state index is 12.6. The molecule has 0 saturated carbocycles. The first-order chi connectivity index (χ1) is 11.5. The van der Waals surface area contributed by atoms with Crippen molar-refractivity contribution in [3.05, 3.63) is 52.3 Å². The maximum Gasteiger partial charge on any atom is 0.202 e. The fourth-order valence-corrected chi connectivity index (χ4v) is 3.88. The van der Waals surface area contributed by atoms with Crippen LogP contribution in [0.2, 0.25) is 0 Å². The summed E-state index contributed by atoms with van der Waals surface area (Å²) in [5, 5.41) is 0. The van der Waals surface area contributed by atoms with Gasteiger partial charge in [-0.1, -0.05) is 6.07 Å². The van der Waals surface area contributed by atoms with Crippen LogP contribution in [-0.4, -0.2) is 17.0 Å². The Kier molecular flexibility index (Phi) is 4.79. The van der Waals surface area contributed by atoms with E-state index in [4.69, 9.17) is 4.74 Å². The molecule has 0 unspecified atom stereocenters. The number of ether oxygens (including phenoxy) is 1. The molecule has 0 atom stereocenters. The fourth-order valence-electron chi connectivity index (χ4n) is 3.88. The summed E-state index contributed by atoms with van der Waals surface area (Å²) in [4.78, 5) is 12.6. The highest BCUT2D eigenvalue weighted by molar-refractivity contribution is 5.98. The van der Waals surface area contributed by atoms with Crippen LogP contribution in [0.25, 0.3) is 0 Å². The number of nitrogens with zero attached hydrogens (tertiary/aromatic N) is 1. The minimum atomic E-state index is 0.0488. The molecule has 1 aromatic heterocycles. The van der Waals surface area contributed by atoms with Crippen molar-refractivity contribution in [3.8, 4) is 5.75 Å². The highest BCUT2D eigenvalue weighted by Crippen LogP contribution is 2.26. The molecule has 2 aromatic rings. The zero-order valence-electron chi connectivity index (χ0n) is 15.2. The Morgan fingerprint density at radius 1 is 1.12 bits per heavy atom. The topological polar surface area (TPSA) is 31.2 Å². The van der Waals surface area contributed by atoms with E-state index < -0.39 is 0 Å². The summed E-state index contributed by atoms with van der Waals surface area (Å²) in [5.41, 5.74) is 5.74. The minimum absolute atomic E-state index is 0.0488. The van der Waals surface area contributed by atoms with Crippen molar-refractivity contribution in [2.75, 3.05) is 6.61 Å². The van der Waals surface area contributed by atoms with Crippen LogP contribution >= 0.6 is 0 Å². The van der Waals surface area contributed by atoms with Gasteiger partial charge in [-0.25, -0.2) is 0 Å². The summed E-state index contributed by atoms with van der Waals surface area (Å²) >= 11 is 0. The number of hydrogen-bond acceptors (Lipinski definition) is 2. The van der Waals surface area contributed by atoms with Gasteiger partial charge in [0.15, 0.2) is 6.61 Å². The predicted molar refractivity (Wildman–Crippen MR) is 97.2 cm³/mol. The standard InChI is InChI=1S/C21H27NO2/c1-14(2)22-15(3)11-20(16(22)4)21(23)13-24-19-10-9-17-7-5-6-8-18(17)12-19/h9-12,14H,5-8,13H2,1-4H3. The van der Waals surface area contributed by atoms with E-state index in [-0.39, 0.29) is 12.4 Å². The van der Waals surface area contributed by atoms with E-state index in [9.17, 15) is 4.79 Å². The van der Waals surface area contributed by atoms with Gasteiger partial charge >= 0.3 is 0 Å². The molecule has 1 heterocycles. The fraction of sp³-hybridized carbons (Fsp3) is 0.476. The normalized spacial score (nSPS) is 13.9. The number of rotatable bonds is 5. The summed E-state index contributed by atoms with van der Waals surface area (Å²) < 4.78 is 7.99. The van der Waals surface area contributed by atoms with Crippen LogP contribution in [-0.2, 0) is 12.8 Å². The lowest BCUT2D eigenvalue weighted by molar-refractivity contribution is 0.0920. The van der Waals surface area contributed by atoms with Gasteiger partial charge in [0.05, 0.1) is 0 Å². The lowest BCUT2D eigenvalue weighted by Gasteiger charge is -2.16. The molecule has 0 amide bonds. The van der Waals surface area contributed by atoms with E-state index >= 15 is 0 Å². The summed E-state index contributed by atoms with van der Waals surface area (Å²) in [6.07, 6.45) is 4.81. The number of benzene rings is 1. The van der Waals surface area contributed by atoms with E-state index in [1.165, 1.54) is 24.0 Å². The molecular formula is C21H27NO2. The van der Waals surface area contributed by atoms with Gasteiger partial charge in [0.1, 0.15) is 5.75 Å². The first kappa shape index (κ1) is 16.8. The second kappa shape index (κ2) is 6.84. The van der Waals surface area contributed by atoms with Gasteiger partial charge in [0, 0.05) is 23.0 Å². The molecule has 1 aliphatic carbocycles. The Hall–Kier alpha value is -2.03. The largest absolute Gasteiger partial charge is 0.485 e. The second-order valence-corrected chi connectivity index (χ2v) is 7.10. The Balaban J connectivity index is 1.71. The van der Waals surface area contributed by atoms with Crippen LogP contribution < -0.4 is 4.74 Å². The molecule has 24 heavy (non-hydrogen) atoms. The molecule has 3 heteroatoms. The number of fused-ring (bicyclic) bond motifs is 1. The third-order valence-electron chi connectivity index (χ3n) is 4.99. The Morgan fingerprint density at radius 2 is 1.83 bits per heavy atom. The molecule has 1 aliphatic rings. The quantitative estimate of drug-likeness (QED) is 0.738. The summed E-state index contributed by atoms with van der Waals surface area (Å²) in [7, 11) is 0. The zero-order valence-corrected chi connectivity index (χ0v) is 15.2. The molecule has 3 nitrogen and oxygen atoms in total. The Morgan fingerprint density at radius 3 is 2.50 bits per heavy atom. The van der Waals surface area contributed by atoms with Gasteiger partial charge in [-0.3, -0.25) is 4.79 Å². The van der Waals surface area contributed by atoms with Crippen molar-refractivity contribution in [3.63, 3.8) is 0 Å². The number of hydrogen-bond donors (Lipinski definition) is 0.